The molecule has 6 nitrogen and oxygen atoms in total. The third-order valence-electron chi connectivity index (χ3n) is 3.09. The van der Waals surface area contributed by atoms with E-state index in [0.29, 0.717) is 18.8 Å². The molecule has 106 valence electrons. The van der Waals surface area contributed by atoms with Crippen molar-refractivity contribution in [1.29, 1.82) is 0 Å². The molecule has 0 radical (unpaired) electrons. The van der Waals surface area contributed by atoms with E-state index in [1.165, 1.54) is 4.68 Å². The van der Waals surface area contributed by atoms with Gasteiger partial charge in [0.1, 0.15) is 12.4 Å². The highest BCUT2D eigenvalue weighted by atomic mass is 16.5. The quantitative estimate of drug-likeness (QED) is 0.902. The Balaban J connectivity index is 1.99. The number of aromatic carboxylic acids is 1. The molecule has 2 aromatic rings. The Labute approximate surface area is 117 Å². The minimum Gasteiger partial charge on any atom is -0.491 e. The molecule has 0 unspecified atom stereocenters. The molecule has 0 aliphatic carbocycles. The van der Waals surface area contributed by atoms with Crippen molar-refractivity contribution in [2.45, 2.75) is 27.3 Å². The SMILES string of the molecule is Cc1ccc(C)c(OCCn2nnc(C(=O)O)c2C)c1. The Morgan fingerprint density at radius 1 is 1.35 bits per heavy atom. The van der Waals surface area contributed by atoms with Crippen molar-refractivity contribution >= 4 is 5.97 Å². The van der Waals surface area contributed by atoms with Gasteiger partial charge in [0.05, 0.1) is 12.2 Å². The lowest BCUT2D eigenvalue weighted by atomic mass is 10.1. The van der Waals surface area contributed by atoms with Crippen LogP contribution in [0.25, 0.3) is 0 Å². The van der Waals surface area contributed by atoms with Crippen molar-refractivity contribution in [3.05, 3.63) is 40.7 Å². The summed E-state index contributed by atoms with van der Waals surface area (Å²) < 4.78 is 7.25. The van der Waals surface area contributed by atoms with Crippen LogP contribution >= 0.6 is 0 Å². The van der Waals surface area contributed by atoms with E-state index in [2.05, 4.69) is 10.3 Å². The molecule has 0 saturated heterocycles. The van der Waals surface area contributed by atoms with Gasteiger partial charge < -0.3 is 9.84 Å². The van der Waals surface area contributed by atoms with Crippen molar-refractivity contribution in [2.75, 3.05) is 6.61 Å². The molecule has 2 rings (SSSR count). The number of rotatable bonds is 5. The van der Waals surface area contributed by atoms with Crippen LogP contribution in [0.2, 0.25) is 0 Å². The molecule has 1 heterocycles. The van der Waals surface area contributed by atoms with Crippen LogP contribution in [0, 0.1) is 20.8 Å². The van der Waals surface area contributed by atoms with Crippen molar-refractivity contribution in [3.8, 4) is 5.75 Å². The number of nitrogens with zero attached hydrogens (tertiary/aromatic N) is 3. The second-order valence-electron chi connectivity index (χ2n) is 4.67. The monoisotopic (exact) mass is 275 g/mol. The van der Waals surface area contributed by atoms with Gasteiger partial charge in [0.2, 0.25) is 0 Å². The van der Waals surface area contributed by atoms with Crippen LogP contribution in [0.1, 0.15) is 27.3 Å². The third-order valence-corrected chi connectivity index (χ3v) is 3.09. The molecule has 1 aromatic carbocycles. The molecule has 1 N–H and O–H groups in total. The van der Waals surface area contributed by atoms with Crippen LogP contribution in [0.5, 0.6) is 5.75 Å². The fourth-order valence-electron chi connectivity index (χ4n) is 1.88. The van der Waals surface area contributed by atoms with Crippen LogP contribution < -0.4 is 4.74 Å². The molecule has 0 saturated carbocycles. The van der Waals surface area contributed by atoms with E-state index in [-0.39, 0.29) is 5.69 Å². The van der Waals surface area contributed by atoms with Gasteiger partial charge in [0.25, 0.3) is 0 Å². The summed E-state index contributed by atoms with van der Waals surface area (Å²) in [6.45, 7) is 6.54. The van der Waals surface area contributed by atoms with Crippen LogP contribution in [-0.4, -0.2) is 32.7 Å². The highest BCUT2D eigenvalue weighted by Gasteiger charge is 2.14. The van der Waals surface area contributed by atoms with Crippen LogP contribution in [0.3, 0.4) is 0 Å². The van der Waals surface area contributed by atoms with Gasteiger partial charge in [-0.1, -0.05) is 17.3 Å². The Morgan fingerprint density at radius 3 is 2.75 bits per heavy atom. The largest absolute Gasteiger partial charge is 0.491 e. The highest BCUT2D eigenvalue weighted by molar-refractivity contribution is 5.86. The standard InChI is InChI=1S/C14H17N3O3/c1-9-4-5-10(2)12(8-9)20-7-6-17-11(3)13(14(18)19)15-16-17/h4-5,8H,6-7H2,1-3H3,(H,18,19). The fourth-order valence-corrected chi connectivity index (χ4v) is 1.88. The lowest BCUT2D eigenvalue weighted by molar-refractivity contribution is 0.0689. The molecule has 1 aromatic heterocycles. The van der Waals surface area contributed by atoms with E-state index < -0.39 is 5.97 Å². The van der Waals surface area contributed by atoms with Gasteiger partial charge in [-0.05, 0) is 38.0 Å². The maximum absolute atomic E-state index is 10.9. The fraction of sp³-hybridized carbons (Fsp3) is 0.357. The van der Waals surface area contributed by atoms with Gasteiger partial charge in [0, 0.05) is 0 Å². The molecular formula is C14H17N3O3. The van der Waals surface area contributed by atoms with E-state index in [4.69, 9.17) is 9.84 Å². The zero-order valence-electron chi connectivity index (χ0n) is 11.8. The summed E-state index contributed by atoms with van der Waals surface area (Å²) in [5.74, 6) is -0.231. The van der Waals surface area contributed by atoms with Crippen molar-refractivity contribution in [3.63, 3.8) is 0 Å². The first-order chi connectivity index (χ1) is 9.49. The molecule has 0 fully saturated rings. The van der Waals surface area contributed by atoms with E-state index >= 15 is 0 Å². The maximum atomic E-state index is 10.9. The minimum atomic E-state index is -1.07. The molecule has 6 heteroatoms. The third kappa shape index (κ3) is 2.96. The number of aromatic nitrogens is 3. The predicted molar refractivity (Wildman–Crippen MR) is 73.1 cm³/mol. The molecule has 0 amide bonds. The summed E-state index contributed by atoms with van der Waals surface area (Å²) in [6, 6.07) is 6.02. The highest BCUT2D eigenvalue weighted by Crippen LogP contribution is 2.19. The Morgan fingerprint density at radius 2 is 2.10 bits per heavy atom. The zero-order valence-corrected chi connectivity index (χ0v) is 11.8. The zero-order chi connectivity index (χ0) is 14.7. The summed E-state index contributed by atoms with van der Waals surface area (Å²) in [7, 11) is 0. The summed E-state index contributed by atoms with van der Waals surface area (Å²) in [6.07, 6.45) is 0. The van der Waals surface area contributed by atoms with Gasteiger partial charge in [-0.25, -0.2) is 9.48 Å². The second kappa shape index (κ2) is 5.73. The van der Waals surface area contributed by atoms with Crippen LogP contribution in [0.15, 0.2) is 18.2 Å². The second-order valence-corrected chi connectivity index (χ2v) is 4.67. The molecular weight excluding hydrogens is 258 g/mol. The van der Waals surface area contributed by atoms with E-state index in [1.54, 1.807) is 6.92 Å². The Bertz CT molecular complexity index is 635. The smallest absolute Gasteiger partial charge is 0.358 e. The topological polar surface area (TPSA) is 77.2 Å². The van der Waals surface area contributed by atoms with Crippen LogP contribution in [-0.2, 0) is 6.54 Å². The molecule has 0 spiro atoms. The van der Waals surface area contributed by atoms with Gasteiger partial charge in [0.15, 0.2) is 5.69 Å². The number of carbonyl (C=O) groups is 1. The van der Waals surface area contributed by atoms with Crippen molar-refractivity contribution in [2.24, 2.45) is 0 Å². The minimum absolute atomic E-state index is 0.0169. The van der Waals surface area contributed by atoms with Crippen molar-refractivity contribution < 1.29 is 14.6 Å². The van der Waals surface area contributed by atoms with Gasteiger partial charge in [-0.15, -0.1) is 5.10 Å². The molecule has 0 atom stereocenters. The molecule has 0 aliphatic heterocycles. The average molecular weight is 275 g/mol. The number of ether oxygens (including phenoxy) is 1. The average Bonchev–Trinajstić information content (AvgIpc) is 2.75. The number of aryl methyl sites for hydroxylation is 2. The number of carboxylic acid groups (broad SMARTS) is 1. The lowest BCUT2D eigenvalue weighted by Gasteiger charge is -2.10. The van der Waals surface area contributed by atoms with E-state index in [9.17, 15) is 4.79 Å². The van der Waals surface area contributed by atoms with Crippen molar-refractivity contribution in [1.82, 2.24) is 15.0 Å². The molecule has 20 heavy (non-hydrogen) atoms. The number of benzene rings is 1. The van der Waals surface area contributed by atoms with E-state index in [0.717, 1.165) is 16.9 Å². The number of carboxylic acids is 1. The van der Waals surface area contributed by atoms with Gasteiger partial charge >= 0.3 is 5.97 Å². The summed E-state index contributed by atoms with van der Waals surface area (Å²) in [5.41, 5.74) is 2.71. The first-order valence-corrected chi connectivity index (χ1v) is 6.32. The summed E-state index contributed by atoms with van der Waals surface area (Å²) in [5, 5.41) is 16.3. The first-order valence-electron chi connectivity index (χ1n) is 6.32. The van der Waals surface area contributed by atoms with Gasteiger partial charge in [-0.3, -0.25) is 0 Å². The first kappa shape index (κ1) is 14.0. The van der Waals surface area contributed by atoms with Crippen LogP contribution in [0.4, 0.5) is 0 Å². The number of hydrogen-bond acceptors (Lipinski definition) is 4. The maximum Gasteiger partial charge on any atom is 0.358 e. The summed E-state index contributed by atoms with van der Waals surface area (Å²) in [4.78, 5) is 10.9. The Kier molecular flexibility index (Phi) is 4.02. The normalized spacial score (nSPS) is 10.6. The molecule has 0 bridgehead atoms. The molecule has 0 aliphatic rings. The van der Waals surface area contributed by atoms with E-state index in [1.807, 2.05) is 32.0 Å². The lowest BCUT2D eigenvalue weighted by Crippen LogP contribution is -2.12. The Hall–Kier alpha value is -2.37. The number of hydrogen-bond donors (Lipinski definition) is 1. The summed E-state index contributed by atoms with van der Waals surface area (Å²) >= 11 is 0. The predicted octanol–water partition coefficient (Wildman–Crippen LogP) is 1.98. The van der Waals surface area contributed by atoms with Gasteiger partial charge in [-0.2, -0.15) is 0 Å².